The van der Waals surface area contributed by atoms with Gasteiger partial charge in [0.05, 0.1) is 0 Å². The van der Waals surface area contributed by atoms with Crippen molar-refractivity contribution in [1.29, 1.82) is 0 Å². The average molecular weight is 420 g/mol. The Bertz CT molecular complexity index is 8.00. The Morgan fingerprint density at radius 1 is 1.00 bits per heavy atom. The van der Waals surface area contributed by atoms with Gasteiger partial charge in [-0.2, -0.15) is 0 Å². The Morgan fingerprint density at radius 2 is 1.00 bits per heavy atom. The maximum Gasteiger partial charge on any atom is 0 e. The van der Waals surface area contributed by atoms with E-state index in [9.17, 15) is 0 Å². The summed E-state index contributed by atoms with van der Waals surface area (Å²) in [6, 6.07) is 0. The molecule has 0 unspecified atom stereocenters. The first kappa shape index (κ1) is 24.1. The first-order valence-electron chi connectivity index (χ1n) is 0. The third-order valence-electron chi connectivity index (χ3n) is 0. The van der Waals surface area contributed by atoms with E-state index in [2.05, 4.69) is 0 Å². The van der Waals surface area contributed by atoms with Crippen LogP contribution >= 0.6 is 0 Å². The zero-order chi connectivity index (χ0) is 0. The molecule has 0 aromatic heterocycles. The molecule has 0 N–H and O–H groups in total. The maximum atomic E-state index is 0. The van der Waals surface area contributed by atoms with Crippen LogP contribution in [0.15, 0.2) is 0 Å². The summed E-state index contributed by atoms with van der Waals surface area (Å²) in [6.07, 6.45) is 0. The molecule has 0 spiro atoms. The fourth-order valence-corrected chi connectivity index (χ4v) is 0. The number of hydrogen-bond acceptors (Lipinski definition) is 0. The van der Waals surface area contributed by atoms with Gasteiger partial charge in [-0.3, -0.25) is 0 Å². The molecule has 0 atom stereocenters. The van der Waals surface area contributed by atoms with Crippen molar-refractivity contribution < 1.29 is 79.9 Å². The largest absolute Gasteiger partial charge is 0 e. The van der Waals surface area contributed by atoms with Gasteiger partial charge in [-0.25, -0.2) is 0 Å². The Morgan fingerprint density at radius 3 is 1.00 bits per heavy atom. The van der Waals surface area contributed by atoms with Gasteiger partial charge in [-0.05, 0) is 0 Å². The first-order valence-corrected chi connectivity index (χ1v) is 0. The van der Waals surface area contributed by atoms with Crippen LogP contribution in [-0.2, 0) is 38.1 Å². The molecule has 0 saturated carbocycles. The predicted molar refractivity (Wildman–Crippen MR) is 7.15 cm³/mol. The molecule has 0 fully saturated rings. The van der Waals surface area contributed by atoms with Crippen molar-refractivity contribution in [3.63, 3.8) is 0 Å². The molecule has 0 radical (unpaired) electrons. The summed E-state index contributed by atoms with van der Waals surface area (Å²) in [6.45, 7) is 0. The molecule has 0 aliphatic carbocycles. The molecule has 0 rings (SSSR count). The Labute approximate surface area is 127 Å². The normalized spacial score (nSPS) is 0. The van der Waals surface area contributed by atoms with Crippen LogP contribution in [0.25, 0.3) is 0 Å². The Hall–Kier alpha value is 4.22. The van der Waals surface area contributed by atoms with Crippen molar-refractivity contribution >= 4 is 51.4 Å². The summed E-state index contributed by atoms with van der Waals surface area (Å²) >= 11 is 0. The minimum absolute atomic E-state index is 0. The molecule has 0 aliphatic heterocycles. The van der Waals surface area contributed by atoms with E-state index in [0.29, 0.717) is 0 Å². The molecule has 0 aromatic carbocycles. The quantitative estimate of drug-likeness (QED) is 0.458. The van der Waals surface area contributed by atoms with Crippen molar-refractivity contribution in [3.05, 3.63) is 0 Å². The van der Waals surface area contributed by atoms with Crippen LogP contribution in [0.1, 0.15) is 0 Å². The fourth-order valence-electron chi connectivity index (χ4n) is 0. The Kier molecular flexibility index (Phi) is 94.3. The molecule has 0 aliphatic rings. The van der Waals surface area contributed by atoms with Crippen LogP contribution < -0.4 is 0 Å². The van der Waals surface area contributed by atoms with Crippen molar-refractivity contribution in [1.82, 2.24) is 0 Å². The molecular formula is HCeFeKW. The van der Waals surface area contributed by atoms with E-state index in [4.69, 9.17) is 0 Å². The third kappa shape index (κ3) is 9.52. The maximum absolute atomic E-state index is 0. The van der Waals surface area contributed by atoms with Crippen LogP contribution in [0.5, 0.6) is 0 Å². The van der Waals surface area contributed by atoms with Crippen LogP contribution in [-0.4, -0.2) is 51.4 Å². The number of hydrogen-bond donors (Lipinski definition) is 0. The van der Waals surface area contributed by atoms with Crippen LogP contribution in [0.2, 0.25) is 0 Å². The van der Waals surface area contributed by atoms with Gasteiger partial charge in [0.15, 0.2) is 0 Å². The topological polar surface area (TPSA) is 0 Å². The predicted octanol–water partition coefficient (Wildman–Crippen LogP) is -0.653. The average Bonchev–Trinajstić information content (AvgIpc) is 0. The molecular weight excluding hydrogens is 419 g/mol. The van der Waals surface area contributed by atoms with Crippen molar-refractivity contribution in [2.45, 2.75) is 0 Å². The van der Waals surface area contributed by atoms with E-state index < -0.39 is 0 Å². The van der Waals surface area contributed by atoms with E-state index in [1.54, 1.807) is 0 Å². The van der Waals surface area contributed by atoms with Gasteiger partial charge in [0.25, 0.3) is 0 Å². The summed E-state index contributed by atoms with van der Waals surface area (Å²) in [4.78, 5) is 0. The van der Waals surface area contributed by atoms with Gasteiger partial charge in [0.1, 0.15) is 0 Å². The van der Waals surface area contributed by atoms with E-state index in [1.807, 2.05) is 0 Å². The molecule has 0 heterocycles. The molecule has 20 valence electrons. The molecule has 0 bridgehead atoms. The van der Waals surface area contributed by atoms with Crippen molar-refractivity contribution in [2.24, 2.45) is 0 Å². The molecule has 0 nitrogen and oxygen atoms in total. The molecule has 0 aromatic rings. The zero-order valence-electron chi connectivity index (χ0n) is 1.26. The minimum Gasteiger partial charge on any atom is 0 e. The van der Waals surface area contributed by atoms with Crippen LogP contribution in [0.4, 0.5) is 0 Å². The number of rotatable bonds is 0. The van der Waals surface area contributed by atoms with Gasteiger partial charge < -0.3 is 0 Å². The smallest absolute Gasteiger partial charge is 0 e. The van der Waals surface area contributed by atoms with Gasteiger partial charge in [-0.1, -0.05) is 0 Å². The first-order chi connectivity index (χ1) is 0. The minimum atomic E-state index is 0. The third-order valence-corrected chi connectivity index (χ3v) is 0. The summed E-state index contributed by atoms with van der Waals surface area (Å²) in [5.74, 6) is 0. The monoisotopic (exact) mass is 420 g/mol. The van der Waals surface area contributed by atoms with Crippen LogP contribution in [0, 0.1) is 41.7 Å². The van der Waals surface area contributed by atoms with E-state index in [0.717, 1.165) is 0 Å². The standard InChI is InChI=1S/Ce.Fe.K.W.H. The van der Waals surface area contributed by atoms with Gasteiger partial charge in [0, 0.05) is 79.9 Å². The van der Waals surface area contributed by atoms with E-state index >= 15 is 0 Å². The Balaban J connectivity index is 0. The van der Waals surface area contributed by atoms with Gasteiger partial charge >= 0.3 is 51.4 Å². The summed E-state index contributed by atoms with van der Waals surface area (Å²) in [5.41, 5.74) is 0. The van der Waals surface area contributed by atoms with Gasteiger partial charge in [-0.15, -0.1) is 0 Å². The SMILES string of the molecule is [Ce].[Fe].[KH].[W]. The summed E-state index contributed by atoms with van der Waals surface area (Å²) < 4.78 is 0. The fraction of sp³-hybridized carbons (Fsp3) is 0. The summed E-state index contributed by atoms with van der Waals surface area (Å²) in [7, 11) is 0. The molecule has 4 heteroatoms. The van der Waals surface area contributed by atoms with E-state index in [-0.39, 0.29) is 131 Å². The second-order valence-corrected chi connectivity index (χ2v) is 0. The van der Waals surface area contributed by atoms with Crippen LogP contribution in [0.3, 0.4) is 0 Å². The molecule has 0 amide bonds. The second kappa shape index (κ2) is 15.7. The molecule has 4 heavy (non-hydrogen) atoms. The van der Waals surface area contributed by atoms with Gasteiger partial charge in [0.2, 0.25) is 0 Å². The second-order valence-electron chi connectivity index (χ2n) is 0. The van der Waals surface area contributed by atoms with Crippen molar-refractivity contribution in [3.8, 4) is 0 Å². The van der Waals surface area contributed by atoms with E-state index in [1.165, 1.54) is 0 Å². The summed E-state index contributed by atoms with van der Waals surface area (Å²) in [5, 5.41) is 0. The molecule has 0 saturated heterocycles. The zero-order valence-corrected chi connectivity index (χ0v) is 8.44. The van der Waals surface area contributed by atoms with Crippen molar-refractivity contribution in [2.75, 3.05) is 0 Å².